The van der Waals surface area contributed by atoms with Crippen molar-refractivity contribution in [2.75, 3.05) is 19.0 Å². The van der Waals surface area contributed by atoms with Crippen molar-refractivity contribution in [3.05, 3.63) is 22.7 Å². The smallest absolute Gasteiger partial charge is 0.351 e. The molecule has 1 aromatic heterocycles. The van der Waals surface area contributed by atoms with Crippen LogP contribution in [0.3, 0.4) is 0 Å². The standard InChI is InChI=1S/C10H15N3O4/c1-11-8-2-3-13(10(16)12-8)9-4-6(15)7(5-14)17-9/h2-3,6-7,9,14-15H,4-5H2,1H3,(H,11,12,16)/t6?,7-,9-/m1/s1. The van der Waals surface area contributed by atoms with Gasteiger partial charge in [0.15, 0.2) is 0 Å². The molecule has 94 valence electrons. The Morgan fingerprint density at radius 3 is 3.00 bits per heavy atom. The highest BCUT2D eigenvalue weighted by molar-refractivity contribution is 5.30. The van der Waals surface area contributed by atoms with E-state index < -0.39 is 24.1 Å². The third kappa shape index (κ3) is 2.31. The maximum absolute atomic E-state index is 11.7. The Balaban J connectivity index is 2.22. The van der Waals surface area contributed by atoms with Crippen LogP contribution in [0.4, 0.5) is 5.82 Å². The summed E-state index contributed by atoms with van der Waals surface area (Å²) in [6, 6.07) is 1.64. The lowest BCUT2D eigenvalue weighted by molar-refractivity contribution is -0.0458. The molecule has 7 nitrogen and oxygen atoms in total. The van der Waals surface area contributed by atoms with Crippen LogP contribution in [0.2, 0.25) is 0 Å². The number of aliphatic hydroxyl groups is 2. The van der Waals surface area contributed by atoms with Crippen LogP contribution in [0.1, 0.15) is 12.6 Å². The van der Waals surface area contributed by atoms with Crippen LogP contribution in [-0.2, 0) is 4.74 Å². The summed E-state index contributed by atoms with van der Waals surface area (Å²) in [4.78, 5) is 15.5. The molecule has 0 saturated carbocycles. The number of hydrogen-bond acceptors (Lipinski definition) is 6. The second kappa shape index (κ2) is 4.82. The topological polar surface area (TPSA) is 96.6 Å². The summed E-state index contributed by atoms with van der Waals surface area (Å²) in [5.41, 5.74) is -0.451. The molecule has 1 fully saturated rings. The average Bonchev–Trinajstić information content (AvgIpc) is 2.70. The summed E-state index contributed by atoms with van der Waals surface area (Å²) in [5, 5.41) is 21.3. The highest BCUT2D eigenvalue weighted by Gasteiger charge is 2.34. The van der Waals surface area contributed by atoms with Gasteiger partial charge in [0.05, 0.1) is 12.7 Å². The van der Waals surface area contributed by atoms with Crippen LogP contribution in [0.15, 0.2) is 17.1 Å². The molecule has 1 aromatic rings. The van der Waals surface area contributed by atoms with E-state index in [-0.39, 0.29) is 13.0 Å². The Morgan fingerprint density at radius 1 is 1.71 bits per heavy atom. The Hall–Kier alpha value is -1.44. The molecule has 7 heteroatoms. The Labute approximate surface area is 97.7 Å². The third-order valence-electron chi connectivity index (χ3n) is 2.78. The van der Waals surface area contributed by atoms with Gasteiger partial charge < -0.3 is 20.3 Å². The fourth-order valence-corrected chi connectivity index (χ4v) is 1.82. The Bertz CT molecular complexity index is 447. The van der Waals surface area contributed by atoms with E-state index in [9.17, 15) is 9.90 Å². The second-order valence-corrected chi connectivity index (χ2v) is 3.87. The number of nitrogens with one attached hydrogen (secondary N) is 1. The van der Waals surface area contributed by atoms with Crippen LogP contribution < -0.4 is 11.0 Å². The van der Waals surface area contributed by atoms with E-state index in [4.69, 9.17) is 9.84 Å². The van der Waals surface area contributed by atoms with Gasteiger partial charge in [-0.2, -0.15) is 4.98 Å². The van der Waals surface area contributed by atoms with Crippen molar-refractivity contribution in [1.29, 1.82) is 0 Å². The molecule has 1 aliphatic rings. The molecule has 0 aromatic carbocycles. The van der Waals surface area contributed by atoms with Crippen LogP contribution in [0, 0.1) is 0 Å². The van der Waals surface area contributed by atoms with Gasteiger partial charge in [-0.25, -0.2) is 4.79 Å². The monoisotopic (exact) mass is 241 g/mol. The van der Waals surface area contributed by atoms with Gasteiger partial charge in [-0.15, -0.1) is 0 Å². The summed E-state index contributed by atoms with van der Waals surface area (Å²) >= 11 is 0. The molecule has 0 amide bonds. The molecule has 0 spiro atoms. The van der Waals surface area contributed by atoms with Gasteiger partial charge in [0.25, 0.3) is 0 Å². The zero-order valence-electron chi connectivity index (χ0n) is 9.41. The molecule has 3 atom stereocenters. The first-order valence-corrected chi connectivity index (χ1v) is 5.37. The molecule has 1 aliphatic heterocycles. The summed E-state index contributed by atoms with van der Waals surface area (Å²) < 4.78 is 6.67. The average molecular weight is 241 g/mol. The SMILES string of the molecule is CNc1ccn([C@H]2CC(O)[C@@H](CO)O2)c(=O)n1. The van der Waals surface area contributed by atoms with Crippen molar-refractivity contribution in [3.63, 3.8) is 0 Å². The molecular weight excluding hydrogens is 226 g/mol. The van der Waals surface area contributed by atoms with Gasteiger partial charge in [-0.3, -0.25) is 4.57 Å². The van der Waals surface area contributed by atoms with E-state index >= 15 is 0 Å². The number of hydrogen-bond donors (Lipinski definition) is 3. The molecule has 0 radical (unpaired) electrons. The minimum Gasteiger partial charge on any atom is -0.394 e. The highest BCUT2D eigenvalue weighted by atomic mass is 16.5. The fraction of sp³-hybridized carbons (Fsp3) is 0.600. The highest BCUT2D eigenvalue weighted by Crippen LogP contribution is 2.27. The molecular formula is C10H15N3O4. The zero-order valence-corrected chi connectivity index (χ0v) is 9.41. The first-order valence-electron chi connectivity index (χ1n) is 5.37. The van der Waals surface area contributed by atoms with Crippen LogP contribution in [0.5, 0.6) is 0 Å². The maximum atomic E-state index is 11.7. The molecule has 2 rings (SSSR count). The third-order valence-corrected chi connectivity index (χ3v) is 2.78. The van der Waals surface area contributed by atoms with Crippen molar-refractivity contribution >= 4 is 5.82 Å². The van der Waals surface area contributed by atoms with Crippen molar-refractivity contribution in [1.82, 2.24) is 9.55 Å². The van der Waals surface area contributed by atoms with Gasteiger partial charge in [0.1, 0.15) is 18.1 Å². The molecule has 3 N–H and O–H groups in total. The summed E-state index contributed by atoms with van der Waals surface area (Å²) in [6.45, 7) is -0.269. The quantitative estimate of drug-likeness (QED) is 0.623. The first kappa shape index (κ1) is 12.0. The van der Waals surface area contributed by atoms with Crippen LogP contribution >= 0.6 is 0 Å². The van der Waals surface area contributed by atoms with Gasteiger partial charge in [-0.05, 0) is 6.07 Å². The van der Waals surface area contributed by atoms with Crippen LogP contribution in [-0.4, -0.2) is 45.6 Å². The Morgan fingerprint density at radius 2 is 2.47 bits per heavy atom. The first-order chi connectivity index (χ1) is 8.15. The van der Waals surface area contributed by atoms with E-state index in [2.05, 4.69) is 10.3 Å². The molecule has 1 saturated heterocycles. The number of nitrogens with zero attached hydrogens (tertiary/aromatic N) is 2. The normalized spacial score (nSPS) is 28.3. The van der Waals surface area contributed by atoms with Gasteiger partial charge in [0, 0.05) is 19.7 Å². The van der Waals surface area contributed by atoms with Crippen molar-refractivity contribution in [2.45, 2.75) is 24.9 Å². The number of ether oxygens (including phenoxy) is 1. The predicted molar refractivity (Wildman–Crippen MR) is 59.7 cm³/mol. The van der Waals surface area contributed by atoms with E-state index in [1.807, 2.05) is 0 Å². The maximum Gasteiger partial charge on any atom is 0.351 e. The number of aliphatic hydroxyl groups excluding tert-OH is 2. The molecule has 17 heavy (non-hydrogen) atoms. The van der Waals surface area contributed by atoms with E-state index in [1.54, 1.807) is 19.3 Å². The van der Waals surface area contributed by atoms with E-state index in [0.29, 0.717) is 5.82 Å². The summed E-state index contributed by atoms with van der Waals surface area (Å²) in [7, 11) is 1.67. The van der Waals surface area contributed by atoms with Crippen molar-refractivity contribution < 1.29 is 14.9 Å². The lowest BCUT2D eigenvalue weighted by Crippen LogP contribution is -2.27. The van der Waals surface area contributed by atoms with Crippen molar-refractivity contribution in [3.8, 4) is 0 Å². The molecule has 0 aliphatic carbocycles. The van der Waals surface area contributed by atoms with E-state index in [1.165, 1.54) is 4.57 Å². The van der Waals surface area contributed by atoms with Crippen LogP contribution in [0.25, 0.3) is 0 Å². The van der Waals surface area contributed by atoms with Crippen molar-refractivity contribution in [2.24, 2.45) is 0 Å². The van der Waals surface area contributed by atoms with Gasteiger partial charge >= 0.3 is 5.69 Å². The fourth-order valence-electron chi connectivity index (χ4n) is 1.82. The molecule has 0 bridgehead atoms. The minimum atomic E-state index is -0.763. The van der Waals surface area contributed by atoms with Gasteiger partial charge in [0.2, 0.25) is 0 Å². The molecule has 1 unspecified atom stereocenters. The second-order valence-electron chi connectivity index (χ2n) is 3.87. The lowest BCUT2D eigenvalue weighted by atomic mass is 10.2. The minimum absolute atomic E-state index is 0.269. The largest absolute Gasteiger partial charge is 0.394 e. The number of aromatic nitrogens is 2. The zero-order chi connectivity index (χ0) is 12.4. The van der Waals surface area contributed by atoms with Gasteiger partial charge in [-0.1, -0.05) is 0 Å². The summed E-state index contributed by atoms with van der Waals surface area (Å²) in [6.07, 6.45) is -0.158. The number of anilines is 1. The lowest BCUT2D eigenvalue weighted by Gasteiger charge is -2.14. The Kier molecular flexibility index (Phi) is 3.41. The summed E-state index contributed by atoms with van der Waals surface area (Å²) in [5.74, 6) is 0.475. The number of rotatable bonds is 3. The predicted octanol–water partition coefficient (Wildman–Crippen LogP) is -1.07. The van der Waals surface area contributed by atoms with E-state index in [0.717, 1.165) is 0 Å². The molecule has 2 heterocycles.